The van der Waals surface area contributed by atoms with Gasteiger partial charge in [0.15, 0.2) is 28.6 Å². The third-order valence-electron chi connectivity index (χ3n) is 14.8. The van der Waals surface area contributed by atoms with Crippen molar-refractivity contribution in [1.82, 2.24) is 5.32 Å². The second kappa shape index (κ2) is 22.5. The summed E-state index contributed by atoms with van der Waals surface area (Å²) in [4.78, 5) is 14.1. The number of nitrogens with one attached hydrogen (secondary N) is 1. The number of cyclic esters (lactones) is 1. The molecule has 0 bridgehead atoms. The lowest BCUT2D eigenvalue weighted by Gasteiger charge is -2.53. The Morgan fingerprint density at radius 2 is 1.16 bits per heavy atom. The Bertz CT molecular complexity index is 2800. The molecule has 2 aliphatic carbocycles. The number of carbonyl (C=O) groups is 1. The minimum absolute atomic E-state index is 0.0125. The Balaban J connectivity index is 1.04. The van der Waals surface area contributed by atoms with Crippen LogP contribution in [0.15, 0.2) is 146 Å². The molecule has 2 N–H and O–H groups in total. The van der Waals surface area contributed by atoms with Crippen molar-refractivity contribution < 1.29 is 66.1 Å². The number of carbonyl (C=O) groups excluding carboxylic acids is 1. The zero-order chi connectivity index (χ0) is 51.2. The molecular formula is C59H61F2NO12. The zero-order valence-electron chi connectivity index (χ0n) is 41.5. The van der Waals surface area contributed by atoms with Crippen LogP contribution in [0.5, 0.6) is 28.7 Å². The summed E-state index contributed by atoms with van der Waals surface area (Å²) in [5, 5.41) is 16.5. The molecule has 1 saturated heterocycles. The van der Waals surface area contributed by atoms with Gasteiger partial charge in [0.05, 0.1) is 79.5 Å². The molecule has 74 heavy (non-hydrogen) atoms. The Morgan fingerprint density at radius 3 is 1.70 bits per heavy atom. The molecule has 0 radical (unpaired) electrons. The molecule has 0 amide bonds. The summed E-state index contributed by atoms with van der Waals surface area (Å²) in [5.74, 6) is -5.43. The number of benzene rings is 6. The monoisotopic (exact) mass is 1010 g/mol. The highest BCUT2D eigenvalue weighted by atomic mass is 19.3. The predicted molar refractivity (Wildman–Crippen MR) is 268 cm³/mol. The van der Waals surface area contributed by atoms with Gasteiger partial charge in [-0.05, 0) is 69.6 Å². The molecule has 2 fully saturated rings. The number of hydrogen-bond donors (Lipinski definition) is 2. The summed E-state index contributed by atoms with van der Waals surface area (Å²) in [5.41, 5.74) is 2.26. The quantitative estimate of drug-likeness (QED) is 0.0663. The number of halogens is 2. The number of hydrogen-bond acceptors (Lipinski definition) is 13. The first-order valence-electron chi connectivity index (χ1n) is 24.9. The normalized spacial score (nSPS) is 24.9. The molecule has 388 valence electrons. The third kappa shape index (κ3) is 10.4. The van der Waals surface area contributed by atoms with Crippen molar-refractivity contribution >= 4 is 5.97 Å². The Hall–Kier alpha value is -6.59. The van der Waals surface area contributed by atoms with Gasteiger partial charge in [0.25, 0.3) is 5.92 Å². The highest BCUT2D eigenvalue weighted by Crippen LogP contribution is 2.56. The summed E-state index contributed by atoms with van der Waals surface area (Å²) in [6, 6.07) is 44.0. The number of rotatable bonds is 21. The van der Waals surface area contributed by atoms with E-state index in [0.717, 1.165) is 16.7 Å². The number of aliphatic hydroxyl groups is 1. The fourth-order valence-corrected chi connectivity index (χ4v) is 11.2. The SMILES string of the molecule is COc1cc([C@@H]2c3cc4c(cc3[C@@H](NCC(F)(F)[C@]3(O)C[C@H](COCc5ccccc5)[C@@H](OCc5ccccc5)[C@H](OCc5ccccc5)[C@H]3OCc3ccccc3)[C@H]3COC(=O)[C@H]23)OCO4)cc(OC)c1OC. The fraction of sp³-hybridized carbons (Fsp3) is 0.373. The lowest BCUT2D eigenvalue weighted by atomic mass is 9.65. The second-order valence-corrected chi connectivity index (χ2v) is 19.3. The first-order valence-corrected chi connectivity index (χ1v) is 24.9. The molecule has 9 atom stereocenters. The van der Waals surface area contributed by atoms with E-state index in [1.165, 1.54) is 21.3 Å². The molecule has 2 aliphatic heterocycles. The van der Waals surface area contributed by atoms with E-state index in [4.69, 9.17) is 47.4 Å². The van der Waals surface area contributed by atoms with Crippen LogP contribution in [0.1, 0.15) is 57.3 Å². The average Bonchev–Trinajstić information content (AvgIpc) is 4.06. The van der Waals surface area contributed by atoms with Gasteiger partial charge in [-0.3, -0.25) is 4.79 Å². The van der Waals surface area contributed by atoms with Crippen LogP contribution in [0.2, 0.25) is 0 Å². The molecule has 15 heteroatoms. The van der Waals surface area contributed by atoms with Gasteiger partial charge in [-0.1, -0.05) is 121 Å². The Labute approximate surface area is 429 Å². The number of alkyl halides is 2. The minimum Gasteiger partial charge on any atom is -0.493 e. The van der Waals surface area contributed by atoms with Crippen molar-refractivity contribution in [1.29, 1.82) is 0 Å². The van der Waals surface area contributed by atoms with Crippen LogP contribution in [-0.2, 0) is 54.9 Å². The molecule has 10 rings (SSSR count). The summed E-state index contributed by atoms with van der Waals surface area (Å²) < 4.78 is 98.0. The summed E-state index contributed by atoms with van der Waals surface area (Å²) in [6.07, 6.45) is -4.26. The largest absolute Gasteiger partial charge is 0.493 e. The fourth-order valence-electron chi connectivity index (χ4n) is 11.2. The van der Waals surface area contributed by atoms with Crippen LogP contribution in [0.3, 0.4) is 0 Å². The highest BCUT2D eigenvalue weighted by Gasteiger charge is 2.66. The second-order valence-electron chi connectivity index (χ2n) is 19.3. The van der Waals surface area contributed by atoms with E-state index in [0.29, 0.717) is 51.0 Å². The van der Waals surface area contributed by atoms with E-state index in [9.17, 15) is 9.90 Å². The number of esters is 1. The maximum atomic E-state index is 18.4. The van der Waals surface area contributed by atoms with Crippen LogP contribution in [-0.4, -0.2) is 88.8 Å². The van der Waals surface area contributed by atoms with Gasteiger partial charge in [-0.2, -0.15) is 0 Å². The topological polar surface area (TPSA) is 142 Å². The molecule has 0 spiro atoms. The molecule has 2 heterocycles. The molecule has 0 unspecified atom stereocenters. The van der Waals surface area contributed by atoms with Crippen LogP contribution >= 0.6 is 0 Å². The summed E-state index contributed by atoms with van der Waals surface area (Å²) in [6.45, 7) is -0.975. The van der Waals surface area contributed by atoms with Crippen molar-refractivity contribution in [3.05, 3.63) is 185 Å². The first kappa shape index (κ1) is 50.9. The van der Waals surface area contributed by atoms with Gasteiger partial charge in [-0.15, -0.1) is 0 Å². The Kier molecular flexibility index (Phi) is 15.5. The molecule has 6 aromatic rings. The number of ether oxygens (including phenoxy) is 10. The number of fused-ring (bicyclic) bond motifs is 3. The van der Waals surface area contributed by atoms with Gasteiger partial charge >= 0.3 is 5.97 Å². The van der Waals surface area contributed by atoms with Crippen LogP contribution in [0.25, 0.3) is 0 Å². The standard InChI is InChI=1S/C59H61F2NO12/c1-65-48-24-41(25-49(66-2)54(48)67-3)50-43-26-46-47(74-36-73-46)27-44(43)52(45-34-72-57(63)51(45)50)62-35-59(60,61)58(64)28-42(33-68-29-37-16-8-4-9-17-37)53(69-30-38-18-10-5-11-19-38)55(70-31-39-20-12-6-13-21-39)56(58)71-32-40-22-14-7-15-23-40/h4-27,42,45,50-53,55-56,62,64H,28-36H2,1-3H3/t42-,45+,50-,51+,52-,53-,55+,56-,58+/m1/s1. The summed E-state index contributed by atoms with van der Waals surface area (Å²) >= 11 is 0. The van der Waals surface area contributed by atoms with Crippen molar-refractivity contribution in [2.75, 3.05) is 47.9 Å². The van der Waals surface area contributed by atoms with Crippen LogP contribution < -0.4 is 29.0 Å². The predicted octanol–water partition coefficient (Wildman–Crippen LogP) is 9.37. The maximum absolute atomic E-state index is 18.4. The molecule has 0 aromatic heterocycles. The molecule has 13 nitrogen and oxygen atoms in total. The van der Waals surface area contributed by atoms with E-state index in [-0.39, 0.29) is 46.4 Å². The highest BCUT2D eigenvalue weighted by molar-refractivity contribution is 5.79. The third-order valence-corrected chi connectivity index (χ3v) is 14.8. The van der Waals surface area contributed by atoms with E-state index < -0.39 is 78.5 Å². The average molecular weight is 1010 g/mol. The van der Waals surface area contributed by atoms with Gasteiger partial charge in [0.2, 0.25) is 12.5 Å². The first-order chi connectivity index (χ1) is 36.1. The van der Waals surface area contributed by atoms with Crippen molar-refractivity contribution in [2.24, 2.45) is 17.8 Å². The van der Waals surface area contributed by atoms with E-state index >= 15 is 8.78 Å². The zero-order valence-corrected chi connectivity index (χ0v) is 41.5. The van der Waals surface area contributed by atoms with Gasteiger partial charge in [-0.25, -0.2) is 8.78 Å². The molecular weight excluding hydrogens is 953 g/mol. The maximum Gasteiger partial charge on any atom is 0.310 e. The molecule has 1 saturated carbocycles. The lowest BCUT2D eigenvalue weighted by Crippen LogP contribution is -2.71. The van der Waals surface area contributed by atoms with Crippen LogP contribution in [0.4, 0.5) is 8.78 Å². The van der Waals surface area contributed by atoms with Gasteiger partial charge in [0.1, 0.15) is 12.2 Å². The molecule has 6 aromatic carbocycles. The smallest absolute Gasteiger partial charge is 0.310 e. The van der Waals surface area contributed by atoms with E-state index in [1.54, 1.807) is 24.3 Å². The van der Waals surface area contributed by atoms with Crippen molar-refractivity contribution in [3.8, 4) is 28.7 Å². The van der Waals surface area contributed by atoms with E-state index in [1.807, 2.05) is 121 Å². The Morgan fingerprint density at radius 1 is 0.649 bits per heavy atom. The van der Waals surface area contributed by atoms with Crippen molar-refractivity contribution in [2.45, 2.75) is 74.6 Å². The van der Waals surface area contributed by atoms with Gasteiger partial charge < -0.3 is 57.8 Å². The lowest BCUT2D eigenvalue weighted by molar-refractivity contribution is -0.310. The summed E-state index contributed by atoms with van der Waals surface area (Å²) in [7, 11) is 4.52. The van der Waals surface area contributed by atoms with E-state index in [2.05, 4.69) is 5.32 Å². The van der Waals surface area contributed by atoms with Crippen molar-refractivity contribution in [3.63, 3.8) is 0 Å². The minimum atomic E-state index is -3.94. The van der Waals surface area contributed by atoms with Gasteiger partial charge in [0, 0.05) is 23.8 Å². The number of methoxy groups -OCH3 is 3. The van der Waals surface area contributed by atoms with Crippen LogP contribution in [0, 0.1) is 17.8 Å². The molecule has 4 aliphatic rings.